The molecule has 1 aromatic carbocycles. The third-order valence-corrected chi connectivity index (χ3v) is 3.05. The van der Waals surface area contributed by atoms with Crippen LogP contribution >= 0.6 is 23.5 Å². The number of aryl methyl sites for hydroxylation is 2. The van der Waals surface area contributed by atoms with Gasteiger partial charge in [0.25, 0.3) is 0 Å². The first-order valence-corrected chi connectivity index (χ1v) is 8.16. The molecule has 0 unspecified atom stereocenters. The van der Waals surface area contributed by atoms with E-state index in [1.807, 2.05) is 57.8 Å². The first-order chi connectivity index (χ1) is 9.15. The Balaban J connectivity index is 0.000000741. The minimum atomic E-state index is 0.736. The molecule has 5 heteroatoms. The maximum Gasteiger partial charge on any atom is 0.167 e. The lowest BCUT2D eigenvalue weighted by Crippen LogP contribution is -1.92. The van der Waals surface area contributed by atoms with Crippen molar-refractivity contribution in [3.05, 3.63) is 22.7 Å². The molecule has 19 heavy (non-hydrogen) atoms. The third-order valence-electron chi connectivity index (χ3n) is 2.34. The number of fused-ring (bicyclic) bond motifs is 1. The molecular formula is C14H24ClN3S. The highest BCUT2D eigenvalue weighted by Gasteiger charge is 2.13. The summed E-state index contributed by atoms with van der Waals surface area (Å²) in [5.41, 5.74) is 2.26. The summed E-state index contributed by atoms with van der Waals surface area (Å²) in [6.45, 7) is 10.1. The molecule has 0 saturated carbocycles. The first kappa shape index (κ1) is 18.1. The molecular weight excluding hydrogens is 278 g/mol. The van der Waals surface area contributed by atoms with Crippen molar-refractivity contribution >= 4 is 40.3 Å². The lowest BCUT2D eigenvalue weighted by atomic mass is 10.1. The molecule has 0 aliphatic rings. The smallest absolute Gasteiger partial charge is 0.167 e. The number of nitrogens with one attached hydrogen (secondary N) is 1. The Morgan fingerprint density at radius 3 is 2.32 bits per heavy atom. The van der Waals surface area contributed by atoms with Crippen LogP contribution in [0.25, 0.3) is 10.9 Å². The number of hydrogen-bond donors (Lipinski definition) is 1. The SMILES string of the molecule is CC.CC.CSNc1nn(C)c2c(C)ccc(Cl)c12. The summed E-state index contributed by atoms with van der Waals surface area (Å²) in [4.78, 5) is 0. The summed E-state index contributed by atoms with van der Waals surface area (Å²) < 4.78 is 5.00. The van der Waals surface area contributed by atoms with Crippen molar-refractivity contribution in [3.63, 3.8) is 0 Å². The molecule has 0 fully saturated rings. The van der Waals surface area contributed by atoms with Crippen LogP contribution in [-0.2, 0) is 7.05 Å². The quantitative estimate of drug-likeness (QED) is 0.766. The maximum atomic E-state index is 6.18. The van der Waals surface area contributed by atoms with E-state index < -0.39 is 0 Å². The average Bonchev–Trinajstić information content (AvgIpc) is 2.77. The largest absolute Gasteiger partial charge is 0.313 e. The molecule has 1 aromatic heterocycles. The molecule has 108 valence electrons. The minimum Gasteiger partial charge on any atom is -0.313 e. The fourth-order valence-corrected chi connectivity index (χ4v) is 2.31. The van der Waals surface area contributed by atoms with Crippen LogP contribution in [0.2, 0.25) is 5.02 Å². The number of rotatable bonds is 2. The van der Waals surface area contributed by atoms with Gasteiger partial charge in [-0.1, -0.05) is 57.3 Å². The van der Waals surface area contributed by atoms with Crippen molar-refractivity contribution in [2.45, 2.75) is 34.6 Å². The molecule has 3 nitrogen and oxygen atoms in total. The van der Waals surface area contributed by atoms with Gasteiger partial charge in [-0.15, -0.1) is 0 Å². The molecule has 0 spiro atoms. The van der Waals surface area contributed by atoms with E-state index in [1.165, 1.54) is 17.5 Å². The van der Waals surface area contributed by atoms with Gasteiger partial charge >= 0.3 is 0 Å². The van der Waals surface area contributed by atoms with Crippen LogP contribution in [0.1, 0.15) is 33.3 Å². The summed E-state index contributed by atoms with van der Waals surface area (Å²) in [7, 11) is 1.93. The molecule has 2 aromatic rings. The Morgan fingerprint density at radius 1 is 1.21 bits per heavy atom. The molecule has 1 N–H and O–H groups in total. The van der Waals surface area contributed by atoms with Crippen LogP contribution in [-0.4, -0.2) is 16.0 Å². The Kier molecular flexibility index (Phi) is 8.68. The van der Waals surface area contributed by atoms with Gasteiger partial charge in [-0.25, -0.2) is 0 Å². The highest BCUT2D eigenvalue weighted by molar-refractivity contribution is 7.99. The van der Waals surface area contributed by atoms with Gasteiger partial charge in [0.2, 0.25) is 0 Å². The van der Waals surface area contributed by atoms with Gasteiger partial charge in [0, 0.05) is 13.3 Å². The number of benzene rings is 1. The Morgan fingerprint density at radius 2 is 1.79 bits per heavy atom. The van der Waals surface area contributed by atoms with Crippen LogP contribution in [0.4, 0.5) is 5.82 Å². The fourth-order valence-electron chi connectivity index (χ4n) is 1.73. The summed E-state index contributed by atoms with van der Waals surface area (Å²) in [6, 6.07) is 3.92. The second-order valence-electron chi connectivity index (χ2n) is 3.37. The second-order valence-corrected chi connectivity index (χ2v) is 4.39. The zero-order chi connectivity index (χ0) is 15.0. The van der Waals surface area contributed by atoms with Gasteiger partial charge in [0.15, 0.2) is 5.82 Å². The molecule has 0 amide bonds. The van der Waals surface area contributed by atoms with Gasteiger partial charge in [-0.05, 0) is 18.6 Å². The maximum absolute atomic E-state index is 6.18. The van der Waals surface area contributed by atoms with Crippen LogP contribution < -0.4 is 4.72 Å². The van der Waals surface area contributed by atoms with Crippen LogP contribution in [0.5, 0.6) is 0 Å². The highest BCUT2D eigenvalue weighted by atomic mass is 35.5. The van der Waals surface area contributed by atoms with Crippen molar-refractivity contribution in [2.75, 3.05) is 11.0 Å². The fraction of sp³-hybridized carbons (Fsp3) is 0.500. The number of aromatic nitrogens is 2. The van der Waals surface area contributed by atoms with Gasteiger partial charge < -0.3 is 4.72 Å². The molecule has 0 saturated heterocycles. The van der Waals surface area contributed by atoms with Crippen molar-refractivity contribution in [3.8, 4) is 0 Å². The van der Waals surface area contributed by atoms with Crippen molar-refractivity contribution in [1.82, 2.24) is 9.78 Å². The summed E-state index contributed by atoms with van der Waals surface area (Å²) in [6.07, 6.45) is 1.96. The van der Waals surface area contributed by atoms with E-state index in [9.17, 15) is 0 Å². The van der Waals surface area contributed by atoms with Crippen LogP contribution in [0, 0.1) is 6.92 Å². The first-order valence-electron chi connectivity index (χ1n) is 6.56. The normalized spacial score (nSPS) is 9.26. The topological polar surface area (TPSA) is 29.9 Å². The van der Waals surface area contributed by atoms with Gasteiger partial charge in [0.1, 0.15) is 0 Å². The van der Waals surface area contributed by atoms with Crippen molar-refractivity contribution in [2.24, 2.45) is 7.05 Å². The molecule has 0 aliphatic carbocycles. The van der Waals surface area contributed by atoms with Gasteiger partial charge in [-0.3, -0.25) is 4.68 Å². The number of halogens is 1. The van der Waals surface area contributed by atoms with E-state index in [4.69, 9.17) is 11.6 Å². The zero-order valence-electron chi connectivity index (χ0n) is 12.8. The van der Waals surface area contributed by atoms with Gasteiger partial charge in [-0.2, -0.15) is 5.10 Å². The standard InChI is InChI=1S/C10H12ClN3S.2C2H6/c1-6-4-5-7(11)8-9(6)14(2)12-10(8)13-15-3;2*1-2/h4-5H,1-3H3,(H,12,13);2*1-2H3. The molecule has 2 rings (SSSR count). The monoisotopic (exact) mass is 301 g/mol. The summed E-state index contributed by atoms with van der Waals surface area (Å²) in [5, 5.41) is 6.13. The molecule has 0 aliphatic heterocycles. The lowest BCUT2D eigenvalue weighted by molar-refractivity contribution is 0.800. The lowest BCUT2D eigenvalue weighted by Gasteiger charge is -2.01. The molecule has 0 radical (unpaired) electrons. The van der Waals surface area contributed by atoms with Crippen molar-refractivity contribution in [1.29, 1.82) is 0 Å². The summed E-state index contributed by atoms with van der Waals surface area (Å²) in [5.74, 6) is 0.828. The van der Waals surface area contributed by atoms with E-state index in [2.05, 4.69) is 16.7 Å². The van der Waals surface area contributed by atoms with Crippen LogP contribution in [0.15, 0.2) is 12.1 Å². The van der Waals surface area contributed by atoms with Crippen molar-refractivity contribution < 1.29 is 0 Å². The Hall–Kier alpha value is -0.870. The zero-order valence-corrected chi connectivity index (χ0v) is 14.4. The van der Waals surface area contributed by atoms with E-state index in [0.29, 0.717) is 0 Å². The van der Waals surface area contributed by atoms with E-state index >= 15 is 0 Å². The predicted octanol–water partition coefficient (Wildman–Crippen LogP) is 5.28. The third kappa shape index (κ3) is 4.05. The number of nitrogens with zero attached hydrogens (tertiary/aromatic N) is 2. The van der Waals surface area contributed by atoms with E-state index in [0.717, 1.165) is 21.7 Å². The second kappa shape index (κ2) is 9.10. The minimum absolute atomic E-state index is 0.736. The predicted molar refractivity (Wildman–Crippen MR) is 90.3 cm³/mol. The molecule has 0 atom stereocenters. The Labute approximate surface area is 125 Å². The van der Waals surface area contributed by atoms with Crippen LogP contribution in [0.3, 0.4) is 0 Å². The number of hydrogen-bond acceptors (Lipinski definition) is 3. The average molecular weight is 302 g/mol. The van der Waals surface area contributed by atoms with E-state index in [-0.39, 0.29) is 0 Å². The molecule has 0 bridgehead atoms. The Bertz CT molecular complexity index is 509. The number of anilines is 1. The molecule has 1 heterocycles. The van der Waals surface area contributed by atoms with Gasteiger partial charge in [0.05, 0.1) is 15.9 Å². The summed E-state index contributed by atoms with van der Waals surface area (Å²) >= 11 is 7.69. The van der Waals surface area contributed by atoms with E-state index in [1.54, 1.807) is 0 Å². The highest BCUT2D eigenvalue weighted by Crippen LogP contribution is 2.32.